The van der Waals surface area contributed by atoms with Gasteiger partial charge in [-0.05, 0) is 24.3 Å². The highest BCUT2D eigenvalue weighted by atomic mass is 16.2. The lowest BCUT2D eigenvalue weighted by atomic mass is 9.92. The Bertz CT molecular complexity index is 706. The lowest BCUT2D eigenvalue weighted by Gasteiger charge is -2.16. The van der Waals surface area contributed by atoms with Crippen molar-refractivity contribution < 1.29 is 14.4 Å². The number of ketones is 1. The fraction of sp³-hybridized carbons (Fsp3) is 0.474. The van der Waals surface area contributed by atoms with Crippen molar-refractivity contribution in [3.63, 3.8) is 0 Å². The number of amides is 2. The quantitative estimate of drug-likeness (QED) is 0.758. The molecule has 0 aromatic heterocycles. The molecule has 6 nitrogen and oxygen atoms in total. The van der Waals surface area contributed by atoms with Gasteiger partial charge in [-0.2, -0.15) is 5.26 Å². The number of hydrogen-bond acceptors (Lipinski definition) is 4. The maximum atomic E-state index is 12.6. The highest BCUT2D eigenvalue weighted by Gasteiger charge is 2.41. The van der Waals surface area contributed by atoms with Gasteiger partial charge in [0.15, 0.2) is 11.7 Å². The van der Waals surface area contributed by atoms with Crippen LogP contribution in [0.3, 0.4) is 0 Å². The van der Waals surface area contributed by atoms with E-state index in [-0.39, 0.29) is 18.9 Å². The topological polar surface area (TPSA) is 90.3 Å². The zero-order chi connectivity index (χ0) is 17.8. The molecule has 2 amide bonds. The van der Waals surface area contributed by atoms with E-state index in [0.29, 0.717) is 19.0 Å². The third-order valence-corrected chi connectivity index (χ3v) is 4.78. The SMILES string of the molecule is N#C[C@H](C(=O)NCc1ccccc1)C(=O)[C@H]1CC(=O)N(CC2CC2)C1. The van der Waals surface area contributed by atoms with Gasteiger partial charge in [0.05, 0.1) is 6.07 Å². The summed E-state index contributed by atoms with van der Waals surface area (Å²) < 4.78 is 0. The van der Waals surface area contributed by atoms with Gasteiger partial charge in [0.25, 0.3) is 0 Å². The predicted molar refractivity (Wildman–Crippen MR) is 89.8 cm³/mol. The van der Waals surface area contributed by atoms with Crippen LogP contribution in [0.25, 0.3) is 0 Å². The van der Waals surface area contributed by atoms with Crippen LogP contribution in [0.4, 0.5) is 0 Å². The second-order valence-electron chi connectivity index (χ2n) is 6.81. The van der Waals surface area contributed by atoms with Crippen LogP contribution in [0.1, 0.15) is 24.8 Å². The first-order valence-electron chi connectivity index (χ1n) is 8.61. The van der Waals surface area contributed by atoms with Gasteiger partial charge in [0, 0.05) is 32.0 Å². The number of carbonyl (C=O) groups excluding carboxylic acids is 3. The molecule has 2 fully saturated rings. The standard InChI is InChI=1S/C19H21N3O3/c20-9-16(19(25)21-10-13-4-2-1-3-5-13)18(24)15-8-17(23)22(12-15)11-14-6-7-14/h1-5,14-16H,6-8,10-12H2,(H,21,25)/t15-,16-/m0/s1. The van der Waals surface area contributed by atoms with Crippen molar-refractivity contribution in [1.82, 2.24) is 10.2 Å². The van der Waals surface area contributed by atoms with Gasteiger partial charge in [0.1, 0.15) is 0 Å². The number of carbonyl (C=O) groups is 3. The monoisotopic (exact) mass is 339 g/mol. The van der Waals surface area contributed by atoms with Gasteiger partial charge in [-0.3, -0.25) is 14.4 Å². The molecule has 0 bridgehead atoms. The van der Waals surface area contributed by atoms with Gasteiger partial charge >= 0.3 is 0 Å². The summed E-state index contributed by atoms with van der Waals surface area (Å²) in [5.41, 5.74) is 0.895. The minimum atomic E-state index is -1.36. The first-order chi connectivity index (χ1) is 12.1. The van der Waals surface area contributed by atoms with Crippen LogP contribution in [0.5, 0.6) is 0 Å². The van der Waals surface area contributed by atoms with Gasteiger partial charge in [0.2, 0.25) is 11.8 Å². The van der Waals surface area contributed by atoms with E-state index in [1.54, 1.807) is 11.0 Å². The molecule has 3 rings (SSSR count). The lowest BCUT2D eigenvalue weighted by molar-refractivity contribution is -0.134. The Balaban J connectivity index is 1.56. The first kappa shape index (κ1) is 17.2. The summed E-state index contributed by atoms with van der Waals surface area (Å²) in [6, 6.07) is 11.1. The van der Waals surface area contributed by atoms with Gasteiger partial charge in [-0.1, -0.05) is 30.3 Å². The molecule has 2 aliphatic rings. The average molecular weight is 339 g/mol. The Kier molecular flexibility index (Phi) is 5.13. The summed E-state index contributed by atoms with van der Waals surface area (Å²) in [5.74, 6) is -2.45. The summed E-state index contributed by atoms with van der Waals surface area (Å²) in [6.45, 7) is 1.29. The van der Waals surface area contributed by atoms with Crippen LogP contribution >= 0.6 is 0 Å². The van der Waals surface area contributed by atoms with Crippen molar-refractivity contribution in [2.45, 2.75) is 25.8 Å². The fourth-order valence-corrected chi connectivity index (χ4v) is 3.13. The van der Waals surface area contributed by atoms with E-state index < -0.39 is 23.5 Å². The molecule has 0 spiro atoms. The molecule has 25 heavy (non-hydrogen) atoms. The molecular formula is C19H21N3O3. The van der Waals surface area contributed by atoms with Crippen molar-refractivity contribution >= 4 is 17.6 Å². The number of nitrogens with zero attached hydrogens (tertiary/aromatic N) is 2. The summed E-state index contributed by atoms with van der Waals surface area (Å²) in [7, 11) is 0. The van der Waals surface area contributed by atoms with Crippen LogP contribution in [0.2, 0.25) is 0 Å². The smallest absolute Gasteiger partial charge is 0.245 e. The number of likely N-dealkylation sites (tertiary alicyclic amines) is 1. The van der Waals surface area contributed by atoms with Crippen LogP contribution in [-0.4, -0.2) is 35.6 Å². The van der Waals surface area contributed by atoms with Gasteiger partial charge in [-0.15, -0.1) is 0 Å². The zero-order valence-electron chi connectivity index (χ0n) is 14.0. The summed E-state index contributed by atoms with van der Waals surface area (Å²) in [5, 5.41) is 11.9. The largest absolute Gasteiger partial charge is 0.350 e. The molecule has 1 aliphatic carbocycles. The van der Waals surface area contributed by atoms with E-state index in [1.165, 1.54) is 0 Å². The van der Waals surface area contributed by atoms with Gasteiger partial charge in [-0.25, -0.2) is 0 Å². The molecular weight excluding hydrogens is 318 g/mol. The normalized spacial score (nSPS) is 20.8. The fourth-order valence-electron chi connectivity index (χ4n) is 3.13. The number of Topliss-reactive ketones (excluding diaryl/α,β-unsaturated/α-hetero) is 1. The molecule has 1 aromatic carbocycles. The Labute approximate surface area is 146 Å². The number of nitriles is 1. The van der Waals surface area contributed by atoms with Gasteiger partial charge < -0.3 is 10.2 Å². The molecule has 6 heteroatoms. The van der Waals surface area contributed by atoms with Crippen LogP contribution in [0.15, 0.2) is 30.3 Å². The van der Waals surface area contributed by atoms with Crippen LogP contribution in [0, 0.1) is 29.1 Å². The third-order valence-electron chi connectivity index (χ3n) is 4.78. The summed E-state index contributed by atoms with van der Waals surface area (Å²) >= 11 is 0. The first-order valence-corrected chi connectivity index (χ1v) is 8.61. The molecule has 1 heterocycles. The molecule has 1 N–H and O–H groups in total. The van der Waals surface area contributed by atoms with Crippen molar-refractivity contribution in [3.8, 4) is 6.07 Å². The number of rotatable bonds is 7. The zero-order valence-corrected chi connectivity index (χ0v) is 14.0. The Morgan fingerprint density at radius 3 is 2.64 bits per heavy atom. The third kappa shape index (κ3) is 4.24. The Hall–Kier alpha value is -2.68. The maximum absolute atomic E-state index is 12.6. The molecule has 130 valence electrons. The number of nitrogens with one attached hydrogen (secondary N) is 1. The van der Waals surface area contributed by atoms with E-state index in [2.05, 4.69) is 5.32 Å². The van der Waals surface area contributed by atoms with E-state index >= 15 is 0 Å². The predicted octanol–water partition coefficient (Wildman–Crippen LogP) is 1.27. The average Bonchev–Trinajstić information content (AvgIpc) is 3.36. The number of benzene rings is 1. The summed E-state index contributed by atoms with van der Waals surface area (Å²) in [4.78, 5) is 38.5. The van der Waals surface area contributed by atoms with Crippen molar-refractivity contribution in [2.75, 3.05) is 13.1 Å². The van der Waals surface area contributed by atoms with Crippen molar-refractivity contribution in [3.05, 3.63) is 35.9 Å². The van der Waals surface area contributed by atoms with Crippen molar-refractivity contribution in [2.24, 2.45) is 17.8 Å². The highest BCUT2D eigenvalue weighted by Crippen LogP contribution is 2.32. The second-order valence-corrected chi connectivity index (χ2v) is 6.81. The van der Waals surface area contributed by atoms with E-state index in [0.717, 1.165) is 18.4 Å². The van der Waals surface area contributed by atoms with E-state index in [9.17, 15) is 19.6 Å². The highest BCUT2D eigenvalue weighted by molar-refractivity contribution is 6.06. The molecule has 2 atom stereocenters. The molecule has 0 unspecified atom stereocenters. The Morgan fingerprint density at radius 2 is 2.00 bits per heavy atom. The minimum Gasteiger partial charge on any atom is -0.350 e. The maximum Gasteiger partial charge on any atom is 0.245 e. The van der Waals surface area contributed by atoms with Crippen LogP contribution < -0.4 is 5.32 Å². The lowest BCUT2D eigenvalue weighted by Crippen LogP contribution is -2.38. The minimum absolute atomic E-state index is 0.0494. The second kappa shape index (κ2) is 7.47. The summed E-state index contributed by atoms with van der Waals surface area (Å²) in [6.07, 6.45) is 2.37. The van der Waals surface area contributed by atoms with E-state index in [4.69, 9.17) is 0 Å². The molecule has 1 aliphatic heterocycles. The molecule has 1 aromatic rings. The Morgan fingerprint density at radius 1 is 1.28 bits per heavy atom. The molecule has 0 radical (unpaired) electrons. The van der Waals surface area contributed by atoms with Crippen LogP contribution in [-0.2, 0) is 20.9 Å². The van der Waals surface area contributed by atoms with Crippen molar-refractivity contribution in [1.29, 1.82) is 5.26 Å². The van der Waals surface area contributed by atoms with E-state index in [1.807, 2.05) is 30.3 Å². The number of hydrogen-bond donors (Lipinski definition) is 1. The molecule has 1 saturated heterocycles. The molecule has 1 saturated carbocycles.